The molecule has 0 bridgehead atoms. The quantitative estimate of drug-likeness (QED) is 0.247. The number of halogens is 7. The molecule has 1 aliphatic carbocycles. The molecule has 0 unspecified atom stereocenters. The Morgan fingerprint density at radius 3 is 2.29 bits per heavy atom. The molecule has 0 aromatic heterocycles. The summed E-state index contributed by atoms with van der Waals surface area (Å²) >= 11 is 31.1. The van der Waals surface area contributed by atoms with Crippen LogP contribution in [-0.4, -0.2) is 42.8 Å². The Kier molecular flexibility index (Phi) is 9.38. The highest BCUT2D eigenvalue weighted by atomic mass is 35.5. The Morgan fingerprint density at radius 2 is 1.63 bits per heavy atom. The molecule has 2 atom stereocenters. The maximum Gasteiger partial charge on any atom is 0.257 e. The summed E-state index contributed by atoms with van der Waals surface area (Å²) in [6.07, 6.45) is 0. The van der Waals surface area contributed by atoms with Gasteiger partial charge in [0.15, 0.2) is 5.82 Å². The molecule has 0 radical (unpaired) electrons. The molecule has 216 valence electrons. The SMILES string of the molecule is COCC(=O)N(C)c1c(F)ccc(NC(=O)c2cc(NC(=O)[C@H]3[C@H](c4ccc(Cl)c(Cl)c4)C3(Cl)Cl)ccc2Cl)c1F. The van der Waals surface area contributed by atoms with Crippen molar-refractivity contribution in [2.45, 2.75) is 10.3 Å². The number of likely N-dealkylation sites (N-methyl/N-ethyl adjacent to an activating group) is 1. The number of amides is 3. The summed E-state index contributed by atoms with van der Waals surface area (Å²) in [5.74, 6) is -5.73. The lowest BCUT2D eigenvalue weighted by Gasteiger charge is -2.20. The number of anilines is 3. The number of carbonyl (C=O) groups excluding carboxylic acids is 3. The molecule has 3 amide bonds. The van der Waals surface area contributed by atoms with Gasteiger partial charge in [0.05, 0.1) is 32.2 Å². The third-order valence-corrected chi connectivity index (χ3v) is 8.42. The van der Waals surface area contributed by atoms with E-state index in [1.165, 1.54) is 32.4 Å². The third-order valence-electron chi connectivity index (χ3n) is 6.41. The second-order valence-corrected chi connectivity index (χ2v) is 11.8. The number of hydrogen-bond donors (Lipinski definition) is 2. The summed E-state index contributed by atoms with van der Waals surface area (Å²) in [5, 5.41) is 5.57. The number of nitrogens with one attached hydrogen (secondary N) is 2. The molecule has 3 aromatic carbocycles. The number of ether oxygens (including phenoxy) is 1. The zero-order chi connectivity index (χ0) is 30.2. The largest absolute Gasteiger partial charge is 0.375 e. The molecular formula is C27H20Cl5F2N3O4. The minimum absolute atomic E-state index is 0.0141. The van der Waals surface area contributed by atoms with Crippen LogP contribution in [0.1, 0.15) is 21.8 Å². The van der Waals surface area contributed by atoms with Crippen LogP contribution in [0.4, 0.5) is 25.8 Å². The average Bonchev–Trinajstić information content (AvgIpc) is 3.50. The summed E-state index contributed by atoms with van der Waals surface area (Å²) in [4.78, 5) is 38.9. The summed E-state index contributed by atoms with van der Waals surface area (Å²) in [5.41, 5.74) is -0.415. The van der Waals surface area contributed by atoms with E-state index in [0.29, 0.717) is 10.6 Å². The number of alkyl halides is 2. The van der Waals surface area contributed by atoms with E-state index in [4.69, 9.17) is 62.7 Å². The van der Waals surface area contributed by atoms with Crippen LogP contribution < -0.4 is 15.5 Å². The molecule has 41 heavy (non-hydrogen) atoms. The predicted molar refractivity (Wildman–Crippen MR) is 157 cm³/mol. The van der Waals surface area contributed by atoms with Gasteiger partial charge in [-0.25, -0.2) is 8.78 Å². The van der Waals surface area contributed by atoms with Crippen molar-refractivity contribution < 1.29 is 27.9 Å². The van der Waals surface area contributed by atoms with Gasteiger partial charge in [0.25, 0.3) is 11.8 Å². The summed E-state index contributed by atoms with van der Waals surface area (Å²) in [7, 11) is 2.43. The lowest BCUT2D eigenvalue weighted by molar-refractivity contribution is -0.122. The van der Waals surface area contributed by atoms with Crippen LogP contribution in [0.2, 0.25) is 15.1 Å². The average molecular weight is 666 g/mol. The van der Waals surface area contributed by atoms with E-state index in [0.717, 1.165) is 17.0 Å². The smallest absolute Gasteiger partial charge is 0.257 e. The molecule has 14 heteroatoms. The van der Waals surface area contributed by atoms with Gasteiger partial charge in [0.2, 0.25) is 5.91 Å². The van der Waals surface area contributed by atoms with E-state index in [2.05, 4.69) is 10.6 Å². The van der Waals surface area contributed by atoms with Crippen LogP contribution in [0.15, 0.2) is 48.5 Å². The Balaban J connectivity index is 1.52. The Bertz CT molecular complexity index is 1560. The topological polar surface area (TPSA) is 87.7 Å². The summed E-state index contributed by atoms with van der Waals surface area (Å²) in [6.45, 7) is -0.413. The fourth-order valence-corrected chi connectivity index (χ4v) is 5.59. The highest BCUT2D eigenvalue weighted by Crippen LogP contribution is 2.65. The molecule has 0 saturated heterocycles. The van der Waals surface area contributed by atoms with Gasteiger partial charge in [0, 0.05) is 25.8 Å². The monoisotopic (exact) mass is 663 g/mol. The van der Waals surface area contributed by atoms with E-state index in [1.54, 1.807) is 18.2 Å². The number of hydrogen-bond acceptors (Lipinski definition) is 4. The fraction of sp³-hybridized carbons (Fsp3) is 0.222. The van der Waals surface area contributed by atoms with E-state index in [-0.39, 0.29) is 21.3 Å². The van der Waals surface area contributed by atoms with Gasteiger partial charge in [-0.15, -0.1) is 23.2 Å². The van der Waals surface area contributed by atoms with Gasteiger partial charge < -0.3 is 20.3 Å². The molecule has 2 N–H and O–H groups in total. The normalized spacial score (nSPS) is 17.1. The van der Waals surface area contributed by atoms with Crippen LogP contribution in [-0.2, 0) is 14.3 Å². The number of methoxy groups -OCH3 is 1. The molecule has 7 nitrogen and oxygen atoms in total. The Hall–Kier alpha value is -2.66. The molecule has 4 rings (SSSR count). The molecule has 0 spiro atoms. The van der Waals surface area contributed by atoms with Gasteiger partial charge in [-0.2, -0.15) is 0 Å². The van der Waals surface area contributed by atoms with Crippen LogP contribution in [0.5, 0.6) is 0 Å². The molecular weight excluding hydrogens is 646 g/mol. The maximum atomic E-state index is 15.2. The van der Waals surface area contributed by atoms with E-state index in [1.807, 2.05) is 0 Å². The van der Waals surface area contributed by atoms with Crippen molar-refractivity contribution in [3.8, 4) is 0 Å². The first-order valence-electron chi connectivity index (χ1n) is 11.8. The van der Waals surface area contributed by atoms with Crippen LogP contribution in [0.3, 0.4) is 0 Å². The number of benzene rings is 3. The van der Waals surface area contributed by atoms with Crippen molar-refractivity contribution in [2.75, 3.05) is 36.3 Å². The predicted octanol–water partition coefficient (Wildman–Crippen LogP) is 7.31. The molecule has 1 aliphatic rings. The van der Waals surface area contributed by atoms with Crippen molar-refractivity contribution in [3.05, 3.63) is 86.4 Å². The van der Waals surface area contributed by atoms with E-state index >= 15 is 4.39 Å². The second kappa shape index (κ2) is 12.3. The summed E-state index contributed by atoms with van der Waals surface area (Å²) in [6, 6.07) is 10.8. The lowest BCUT2D eigenvalue weighted by atomic mass is 10.1. The lowest BCUT2D eigenvalue weighted by Crippen LogP contribution is -2.31. The third kappa shape index (κ3) is 6.40. The molecule has 0 aliphatic heterocycles. The highest BCUT2D eigenvalue weighted by Gasteiger charge is 2.67. The van der Waals surface area contributed by atoms with Crippen molar-refractivity contribution >= 4 is 92.8 Å². The maximum absolute atomic E-state index is 15.2. The van der Waals surface area contributed by atoms with Crippen LogP contribution in [0.25, 0.3) is 0 Å². The molecule has 1 saturated carbocycles. The van der Waals surface area contributed by atoms with Crippen molar-refractivity contribution in [1.82, 2.24) is 0 Å². The van der Waals surface area contributed by atoms with Gasteiger partial charge in [-0.1, -0.05) is 40.9 Å². The van der Waals surface area contributed by atoms with Gasteiger partial charge in [0.1, 0.15) is 22.4 Å². The van der Waals surface area contributed by atoms with Crippen molar-refractivity contribution in [3.63, 3.8) is 0 Å². The van der Waals surface area contributed by atoms with Gasteiger partial charge >= 0.3 is 0 Å². The fourth-order valence-electron chi connectivity index (χ4n) is 4.25. The summed E-state index contributed by atoms with van der Waals surface area (Å²) < 4.78 is 32.9. The van der Waals surface area contributed by atoms with Crippen LogP contribution >= 0.6 is 58.0 Å². The zero-order valence-corrected chi connectivity index (χ0v) is 25.0. The van der Waals surface area contributed by atoms with Crippen LogP contribution in [0, 0.1) is 17.6 Å². The molecule has 3 aromatic rings. The first-order chi connectivity index (χ1) is 19.3. The minimum atomic E-state index is -1.41. The molecule has 1 fully saturated rings. The number of carbonyl (C=O) groups is 3. The van der Waals surface area contributed by atoms with Gasteiger partial charge in [-0.3, -0.25) is 14.4 Å². The standard InChI is InChI=1S/C27H20Cl5F2N3O4/c1-37(20(38)11-41-2)24-18(33)7-8-19(23(24)34)36-25(39)14-10-13(4-6-15(14)28)35-26(40)22-21(27(22,31)32)12-3-5-16(29)17(30)9-12/h3-10,21-22H,11H2,1-2H3,(H,35,40)(H,36,39)/t21-,22+/m0/s1. The number of nitrogens with zero attached hydrogens (tertiary/aromatic N) is 1. The molecule has 0 heterocycles. The zero-order valence-electron chi connectivity index (χ0n) is 21.2. The van der Waals surface area contributed by atoms with Crippen molar-refractivity contribution in [2.24, 2.45) is 5.92 Å². The van der Waals surface area contributed by atoms with E-state index in [9.17, 15) is 18.8 Å². The highest BCUT2D eigenvalue weighted by molar-refractivity contribution is 6.53. The van der Waals surface area contributed by atoms with E-state index < -0.39 is 63.5 Å². The minimum Gasteiger partial charge on any atom is -0.375 e. The first-order valence-corrected chi connectivity index (χ1v) is 13.6. The Morgan fingerprint density at radius 1 is 0.951 bits per heavy atom. The number of rotatable bonds is 8. The van der Waals surface area contributed by atoms with Crippen molar-refractivity contribution in [1.29, 1.82) is 0 Å². The second-order valence-electron chi connectivity index (χ2n) is 9.08. The van der Waals surface area contributed by atoms with Gasteiger partial charge in [-0.05, 0) is 48.0 Å². The first kappa shape index (κ1) is 31.3. The Labute approximate surface area is 258 Å².